The molecular formula is C19H17NO3. The fourth-order valence-corrected chi connectivity index (χ4v) is 2.89. The standard InChI is InChI=1S/C19H17NO3/c21-16-11-14(13-6-2-1-3-7-13)10-15(12-16)20-18-9-5-4-8-17(18)19(22)23/h1-9,12,14,20H,10-11H2,(H,22,23)/t14-/m0/s1. The third-order valence-corrected chi connectivity index (χ3v) is 3.97. The van der Waals surface area contributed by atoms with E-state index in [-0.39, 0.29) is 17.3 Å². The van der Waals surface area contributed by atoms with E-state index in [0.717, 1.165) is 11.3 Å². The number of aromatic carboxylic acids is 1. The molecule has 0 aliphatic heterocycles. The quantitative estimate of drug-likeness (QED) is 0.901. The van der Waals surface area contributed by atoms with Crippen molar-refractivity contribution in [2.75, 3.05) is 5.32 Å². The van der Waals surface area contributed by atoms with E-state index in [4.69, 9.17) is 0 Å². The van der Waals surface area contributed by atoms with Gasteiger partial charge in [0.15, 0.2) is 5.78 Å². The highest BCUT2D eigenvalue weighted by Crippen LogP contribution is 2.32. The van der Waals surface area contributed by atoms with Crippen LogP contribution in [0.2, 0.25) is 0 Å². The van der Waals surface area contributed by atoms with Crippen LogP contribution >= 0.6 is 0 Å². The van der Waals surface area contributed by atoms with Crippen LogP contribution in [0, 0.1) is 0 Å². The van der Waals surface area contributed by atoms with Crippen molar-refractivity contribution in [1.29, 1.82) is 0 Å². The second kappa shape index (κ2) is 6.48. The first-order valence-electron chi connectivity index (χ1n) is 7.51. The smallest absolute Gasteiger partial charge is 0.337 e. The van der Waals surface area contributed by atoms with Gasteiger partial charge >= 0.3 is 5.97 Å². The molecule has 2 aromatic carbocycles. The Labute approximate surface area is 134 Å². The first-order chi connectivity index (χ1) is 11.1. The summed E-state index contributed by atoms with van der Waals surface area (Å²) in [5, 5.41) is 12.4. The fraction of sp³-hybridized carbons (Fsp3) is 0.158. The number of allylic oxidation sites excluding steroid dienone is 2. The molecule has 1 aliphatic carbocycles. The number of ketones is 1. The minimum absolute atomic E-state index is 0.0559. The van der Waals surface area contributed by atoms with Crippen LogP contribution in [0.5, 0.6) is 0 Å². The largest absolute Gasteiger partial charge is 0.478 e. The fourth-order valence-electron chi connectivity index (χ4n) is 2.89. The van der Waals surface area contributed by atoms with Gasteiger partial charge in [-0.3, -0.25) is 4.79 Å². The summed E-state index contributed by atoms with van der Waals surface area (Å²) >= 11 is 0. The summed E-state index contributed by atoms with van der Waals surface area (Å²) in [6.07, 6.45) is 2.75. The van der Waals surface area contributed by atoms with Crippen LogP contribution in [0.4, 0.5) is 5.69 Å². The van der Waals surface area contributed by atoms with Crippen molar-refractivity contribution in [2.45, 2.75) is 18.8 Å². The van der Waals surface area contributed by atoms with Crippen molar-refractivity contribution < 1.29 is 14.7 Å². The number of benzene rings is 2. The molecule has 0 heterocycles. The lowest BCUT2D eigenvalue weighted by atomic mass is 9.85. The predicted octanol–water partition coefficient (Wildman–Crippen LogP) is 3.83. The van der Waals surface area contributed by atoms with E-state index < -0.39 is 5.97 Å². The zero-order chi connectivity index (χ0) is 16.2. The maximum Gasteiger partial charge on any atom is 0.337 e. The van der Waals surface area contributed by atoms with Crippen molar-refractivity contribution in [3.05, 3.63) is 77.5 Å². The Balaban J connectivity index is 1.83. The molecule has 116 valence electrons. The van der Waals surface area contributed by atoms with Crippen LogP contribution in [0.3, 0.4) is 0 Å². The lowest BCUT2D eigenvalue weighted by molar-refractivity contribution is -0.115. The average Bonchev–Trinajstić information content (AvgIpc) is 2.55. The summed E-state index contributed by atoms with van der Waals surface area (Å²) in [6, 6.07) is 16.6. The van der Waals surface area contributed by atoms with E-state index in [1.54, 1.807) is 30.3 Å². The van der Waals surface area contributed by atoms with E-state index >= 15 is 0 Å². The van der Waals surface area contributed by atoms with E-state index in [2.05, 4.69) is 5.32 Å². The molecule has 0 fully saturated rings. The number of anilines is 1. The van der Waals surface area contributed by atoms with Crippen LogP contribution in [0.1, 0.15) is 34.7 Å². The van der Waals surface area contributed by atoms with Gasteiger partial charge in [0.25, 0.3) is 0 Å². The minimum atomic E-state index is -0.990. The third-order valence-electron chi connectivity index (χ3n) is 3.97. The Morgan fingerprint density at radius 3 is 2.43 bits per heavy atom. The van der Waals surface area contributed by atoms with Crippen molar-refractivity contribution >= 4 is 17.4 Å². The van der Waals surface area contributed by atoms with Gasteiger partial charge in [0.2, 0.25) is 0 Å². The van der Waals surface area contributed by atoms with Crippen LogP contribution < -0.4 is 5.32 Å². The molecule has 0 spiro atoms. The molecule has 2 aromatic rings. The zero-order valence-corrected chi connectivity index (χ0v) is 12.5. The second-order valence-corrected chi connectivity index (χ2v) is 5.63. The molecule has 0 radical (unpaired) electrons. The lowest BCUT2D eigenvalue weighted by Gasteiger charge is -2.24. The molecule has 23 heavy (non-hydrogen) atoms. The Morgan fingerprint density at radius 2 is 1.70 bits per heavy atom. The molecule has 0 bridgehead atoms. The maximum absolute atomic E-state index is 12.0. The molecule has 3 rings (SSSR count). The summed E-state index contributed by atoms with van der Waals surface area (Å²) in [4.78, 5) is 23.3. The number of rotatable bonds is 4. The lowest BCUT2D eigenvalue weighted by Crippen LogP contribution is -2.17. The normalized spacial score (nSPS) is 17.5. The minimum Gasteiger partial charge on any atom is -0.478 e. The van der Waals surface area contributed by atoms with Gasteiger partial charge in [0.05, 0.1) is 11.3 Å². The van der Waals surface area contributed by atoms with Crippen LogP contribution in [-0.4, -0.2) is 16.9 Å². The average molecular weight is 307 g/mol. The Bertz CT molecular complexity index is 765. The molecule has 4 nitrogen and oxygen atoms in total. The number of hydrogen-bond acceptors (Lipinski definition) is 3. The van der Waals surface area contributed by atoms with Crippen molar-refractivity contribution in [2.24, 2.45) is 0 Å². The molecule has 4 heteroatoms. The second-order valence-electron chi connectivity index (χ2n) is 5.63. The van der Waals surface area contributed by atoms with Gasteiger partial charge in [0, 0.05) is 18.2 Å². The van der Waals surface area contributed by atoms with Gasteiger partial charge < -0.3 is 10.4 Å². The number of hydrogen-bond donors (Lipinski definition) is 2. The Hall–Kier alpha value is -2.88. The number of carboxylic acid groups (broad SMARTS) is 1. The third kappa shape index (κ3) is 3.48. The summed E-state index contributed by atoms with van der Waals surface area (Å²) in [6.45, 7) is 0. The van der Waals surface area contributed by atoms with E-state index in [0.29, 0.717) is 18.5 Å². The summed E-state index contributed by atoms with van der Waals surface area (Å²) in [7, 11) is 0. The molecule has 1 aliphatic rings. The Kier molecular flexibility index (Phi) is 4.24. The number of nitrogens with one attached hydrogen (secondary N) is 1. The number of para-hydroxylation sites is 1. The molecule has 2 N–H and O–H groups in total. The summed E-state index contributed by atoms with van der Waals surface area (Å²) in [5.41, 5.74) is 2.58. The van der Waals surface area contributed by atoms with Gasteiger partial charge in [-0.2, -0.15) is 0 Å². The molecule has 0 unspecified atom stereocenters. The van der Waals surface area contributed by atoms with Crippen LogP contribution in [0.15, 0.2) is 66.4 Å². The van der Waals surface area contributed by atoms with E-state index in [9.17, 15) is 14.7 Å². The summed E-state index contributed by atoms with van der Waals surface area (Å²) < 4.78 is 0. The molecular weight excluding hydrogens is 290 g/mol. The molecule has 0 saturated carbocycles. The summed E-state index contributed by atoms with van der Waals surface area (Å²) in [5.74, 6) is -0.816. The first kappa shape index (κ1) is 15.0. The topological polar surface area (TPSA) is 66.4 Å². The zero-order valence-electron chi connectivity index (χ0n) is 12.5. The van der Waals surface area contributed by atoms with Gasteiger partial charge in [-0.25, -0.2) is 4.79 Å². The van der Waals surface area contributed by atoms with Crippen molar-refractivity contribution in [3.63, 3.8) is 0 Å². The number of carbonyl (C=O) groups excluding carboxylic acids is 1. The SMILES string of the molecule is O=C1C=C(Nc2ccccc2C(=O)O)C[C@H](c2ccccc2)C1. The highest BCUT2D eigenvalue weighted by Gasteiger charge is 2.23. The van der Waals surface area contributed by atoms with Gasteiger partial charge in [-0.1, -0.05) is 42.5 Å². The molecule has 0 aromatic heterocycles. The van der Waals surface area contributed by atoms with Crippen molar-refractivity contribution in [3.8, 4) is 0 Å². The van der Waals surface area contributed by atoms with Crippen LogP contribution in [-0.2, 0) is 4.79 Å². The van der Waals surface area contributed by atoms with Gasteiger partial charge in [0.1, 0.15) is 0 Å². The van der Waals surface area contributed by atoms with Crippen LogP contribution in [0.25, 0.3) is 0 Å². The van der Waals surface area contributed by atoms with E-state index in [1.165, 1.54) is 0 Å². The molecule has 0 saturated heterocycles. The van der Waals surface area contributed by atoms with Gasteiger partial charge in [-0.05, 0) is 30.0 Å². The highest BCUT2D eigenvalue weighted by molar-refractivity contribution is 5.96. The van der Waals surface area contributed by atoms with Gasteiger partial charge in [-0.15, -0.1) is 0 Å². The highest BCUT2D eigenvalue weighted by atomic mass is 16.4. The molecule has 0 amide bonds. The maximum atomic E-state index is 12.0. The monoisotopic (exact) mass is 307 g/mol. The first-order valence-corrected chi connectivity index (χ1v) is 7.51. The number of carboxylic acids is 1. The predicted molar refractivity (Wildman–Crippen MR) is 88.5 cm³/mol. The Morgan fingerprint density at radius 1 is 1.00 bits per heavy atom. The number of carbonyl (C=O) groups is 2. The van der Waals surface area contributed by atoms with Crippen molar-refractivity contribution in [1.82, 2.24) is 0 Å². The molecule has 1 atom stereocenters. The van der Waals surface area contributed by atoms with E-state index in [1.807, 2.05) is 30.3 Å².